The van der Waals surface area contributed by atoms with E-state index in [4.69, 9.17) is 0 Å². The van der Waals surface area contributed by atoms with E-state index in [1.54, 1.807) is 0 Å². The molecule has 0 saturated heterocycles. The zero-order valence-corrected chi connectivity index (χ0v) is 13.2. The van der Waals surface area contributed by atoms with E-state index in [1.165, 1.54) is 17.2 Å². The third-order valence-electron chi connectivity index (χ3n) is 2.92. The van der Waals surface area contributed by atoms with Gasteiger partial charge in [-0.1, -0.05) is 22.0 Å². The van der Waals surface area contributed by atoms with Gasteiger partial charge in [-0.25, -0.2) is 8.42 Å². The molecule has 2 rings (SSSR count). The fourth-order valence-corrected chi connectivity index (χ4v) is 2.80. The average molecular weight is 345 g/mol. The van der Waals surface area contributed by atoms with Crippen molar-refractivity contribution in [2.75, 3.05) is 25.1 Å². The van der Waals surface area contributed by atoms with Crippen LogP contribution in [0.3, 0.4) is 0 Å². The largest absolute Gasteiger partial charge is 0.346 e. The van der Waals surface area contributed by atoms with Crippen molar-refractivity contribution in [1.29, 1.82) is 0 Å². The fraction of sp³-hybridized carbons (Fsp3) is 0.385. The lowest BCUT2D eigenvalue weighted by atomic mass is 10.2. The van der Waals surface area contributed by atoms with Gasteiger partial charge in [-0.05, 0) is 23.6 Å². The van der Waals surface area contributed by atoms with Crippen molar-refractivity contribution in [3.8, 4) is 0 Å². The van der Waals surface area contributed by atoms with E-state index in [0.29, 0.717) is 6.54 Å². The summed E-state index contributed by atoms with van der Waals surface area (Å²) in [5.41, 5.74) is 1.18. The summed E-state index contributed by atoms with van der Waals surface area (Å²) in [5, 5.41) is 4.36. The van der Waals surface area contributed by atoms with Crippen LogP contribution >= 0.6 is 15.9 Å². The Hall–Kier alpha value is -0.850. The van der Waals surface area contributed by atoms with Gasteiger partial charge < -0.3 is 9.88 Å². The minimum Gasteiger partial charge on any atom is -0.346 e. The van der Waals surface area contributed by atoms with E-state index in [1.807, 2.05) is 6.07 Å². The highest BCUT2D eigenvalue weighted by Gasteiger charge is 2.03. The van der Waals surface area contributed by atoms with Gasteiger partial charge in [0, 0.05) is 42.1 Å². The lowest BCUT2D eigenvalue weighted by molar-refractivity contribution is 0.589. The van der Waals surface area contributed by atoms with E-state index in [0.717, 1.165) is 17.6 Å². The molecule has 0 saturated carbocycles. The van der Waals surface area contributed by atoms with Gasteiger partial charge in [0.25, 0.3) is 0 Å². The lowest BCUT2D eigenvalue weighted by Gasteiger charge is -2.07. The van der Waals surface area contributed by atoms with Crippen molar-refractivity contribution in [2.45, 2.75) is 6.54 Å². The zero-order valence-electron chi connectivity index (χ0n) is 10.8. The number of hydrogen-bond acceptors (Lipinski definition) is 3. The summed E-state index contributed by atoms with van der Waals surface area (Å²) in [4.78, 5) is 0. The molecular formula is C13H17BrN2O2S. The summed E-state index contributed by atoms with van der Waals surface area (Å²) < 4.78 is 25.2. The van der Waals surface area contributed by atoms with Crippen LogP contribution in [0.25, 0.3) is 10.9 Å². The summed E-state index contributed by atoms with van der Waals surface area (Å²) in [6.45, 7) is 2.08. The smallest absolute Gasteiger partial charge is 0.148 e. The molecule has 1 aromatic heterocycles. The molecule has 1 aromatic carbocycles. The molecular weight excluding hydrogens is 328 g/mol. The molecule has 104 valence electrons. The van der Waals surface area contributed by atoms with Crippen molar-refractivity contribution >= 4 is 36.7 Å². The molecule has 0 atom stereocenters. The first-order valence-corrected chi connectivity index (χ1v) is 8.94. The van der Waals surface area contributed by atoms with E-state index in [-0.39, 0.29) is 5.75 Å². The average Bonchev–Trinajstić information content (AvgIpc) is 2.70. The Morgan fingerprint density at radius 1 is 1.26 bits per heavy atom. The molecule has 0 bridgehead atoms. The first-order chi connectivity index (χ1) is 8.96. The highest BCUT2D eigenvalue weighted by Crippen LogP contribution is 2.20. The molecule has 0 spiro atoms. The highest BCUT2D eigenvalue weighted by molar-refractivity contribution is 9.10. The number of sulfone groups is 1. The summed E-state index contributed by atoms with van der Waals surface area (Å²) in [6, 6.07) is 8.27. The van der Waals surface area contributed by atoms with Crippen LogP contribution in [0.1, 0.15) is 0 Å². The van der Waals surface area contributed by atoms with Gasteiger partial charge >= 0.3 is 0 Å². The van der Waals surface area contributed by atoms with Gasteiger partial charge in [0.2, 0.25) is 0 Å². The SMILES string of the molecule is CS(=O)(=O)CCNCCn1ccc2ccc(Br)cc21. The van der Waals surface area contributed by atoms with Gasteiger partial charge in [0.15, 0.2) is 0 Å². The quantitative estimate of drug-likeness (QED) is 0.816. The monoisotopic (exact) mass is 344 g/mol. The second-order valence-corrected chi connectivity index (χ2v) is 7.77. The van der Waals surface area contributed by atoms with Crippen LogP contribution in [0.5, 0.6) is 0 Å². The van der Waals surface area contributed by atoms with Crippen LogP contribution in [0.4, 0.5) is 0 Å². The molecule has 0 aliphatic heterocycles. The molecule has 0 radical (unpaired) electrons. The molecule has 0 fully saturated rings. The van der Waals surface area contributed by atoms with Crippen LogP contribution in [0.15, 0.2) is 34.9 Å². The first-order valence-electron chi connectivity index (χ1n) is 6.08. The van der Waals surface area contributed by atoms with Crippen LogP contribution in [0, 0.1) is 0 Å². The van der Waals surface area contributed by atoms with Gasteiger partial charge in [-0.15, -0.1) is 0 Å². The Labute approximate surface area is 121 Å². The zero-order chi connectivity index (χ0) is 13.9. The van der Waals surface area contributed by atoms with E-state index in [2.05, 4.69) is 50.2 Å². The Balaban J connectivity index is 1.90. The maximum Gasteiger partial charge on any atom is 0.148 e. The summed E-state index contributed by atoms with van der Waals surface area (Å²) in [6.07, 6.45) is 3.31. The molecule has 2 aromatic rings. The number of fused-ring (bicyclic) bond motifs is 1. The topological polar surface area (TPSA) is 51.1 Å². The van der Waals surface area contributed by atoms with Gasteiger partial charge in [0.1, 0.15) is 9.84 Å². The maximum atomic E-state index is 11.0. The molecule has 6 heteroatoms. The third kappa shape index (κ3) is 4.33. The second-order valence-electron chi connectivity index (χ2n) is 4.59. The van der Waals surface area contributed by atoms with Crippen molar-refractivity contribution in [1.82, 2.24) is 9.88 Å². The number of hydrogen-bond donors (Lipinski definition) is 1. The van der Waals surface area contributed by atoms with Crippen molar-refractivity contribution < 1.29 is 8.42 Å². The maximum absolute atomic E-state index is 11.0. The Morgan fingerprint density at radius 3 is 2.79 bits per heavy atom. The molecule has 1 heterocycles. The van der Waals surface area contributed by atoms with E-state index in [9.17, 15) is 8.42 Å². The number of halogens is 1. The highest BCUT2D eigenvalue weighted by atomic mass is 79.9. The number of rotatable bonds is 6. The van der Waals surface area contributed by atoms with Crippen molar-refractivity contribution in [2.24, 2.45) is 0 Å². The Kier molecular flexibility index (Phi) is 4.65. The molecule has 19 heavy (non-hydrogen) atoms. The van der Waals surface area contributed by atoms with Crippen molar-refractivity contribution in [3.63, 3.8) is 0 Å². The first kappa shape index (κ1) is 14.6. The number of benzene rings is 1. The predicted molar refractivity (Wildman–Crippen MR) is 82.2 cm³/mol. The molecule has 0 aliphatic carbocycles. The molecule has 1 N–H and O–H groups in total. The lowest BCUT2D eigenvalue weighted by Crippen LogP contribution is -2.25. The van der Waals surface area contributed by atoms with E-state index >= 15 is 0 Å². The Bertz CT molecular complexity index is 664. The number of nitrogens with one attached hydrogen (secondary N) is 1. The number of nitrogens with zero attached hydrogens (tertiary/aromatic N) is 1. The molecule has 4 nitrogen and oxygen atoms in total. The Morgan fingerprint density at radius 2 is 2.05 bits per heavy atom. The number of aromatic nitrogens is 1. The van der Waals surface area contributed by atoms with Crippen LogP contribution in [-0.2, 0) is 16.4 Å². The summed E-state index contributed by atoms with van der Waals surface area (Å²) in [5.74, 6) is 0.185. The summed E-state index contributed by atoms with van der Waals surface area (Å²) in [7, 11) is -2.87. The van der Waals surface area contributed by atoms with Crippen molar-refractivity contribution in [3.05, 3.63) is 34.9 Å². The molecule has 0 unspecified atom stereocenters. The van der Waals surface area contributed by atoms with Crippen LogP contribution < -0.4 is 5.32 Å². The third-order valence-corrected chi connectivity index (χ3v) is 4.35. The second kappa shape index (κ2) is 6.07. The van der Waals surface area contributed by atoms with Crippen LogP contribution in [0.2, 0.25) is 0 Å². The fourth-order valence-electron chi connectivity index (χ4n) is 1.93. The van der Waals surface area contributed by atoms with Gasteiger partial charge in [-0.3, -0.25) is 0 Å². The standard InChI is InChI=1S/C13H17BrN2O2S/c1-19(17,18)9-6-15-5-8-16-7-4-11-2-3-12(14)10-13(11)16/h2-4,7,10,15H,5-6,8-9H2,1H3. The molecule has 0 amide bonds. The summed E-state index contributed by atoms with van der Waals surface area (Å²) >= 11 is 3.47. The molecule has 0 aliphatic rings. The van der Waals surface area contributed by atoms with Gasteiger partial charge in [0.05, 0.1) is 5.75 Å². The predicted octanol–water partition coefficient (Wildman–Crippen LogP) is 2.04. The van der Waals surface area contributed by atoms with E-state index < -0.39 is 9.84 Å². The van der Waals surface area contributed by atoms with Gasteiger partial charge in [-0.2, -0.15) is 0 Å². The normalized spacial score (nSPS) is 12.1. The minimum absolute atomic E-state index is 0.185. The minimum atomic E-state index is -2.87. The van der Waals surface area contributed by atoms with Crippen LogP contribution in [-0.4, -0.2) is 38.1 Å².